The quantitative estimate of drug-likeness (QED) is 0.0579. The van der Waals surface area contributed by atoms with Gasteiger partial charge in [0.1, 0.15) is 0 Å². The van der Waals surface area contributed by atoms with Crippen LogP contribution >= 0.6 is 0 Å². The zero-order chi connectivity index (χ0) is 31.6. The van der Waals surface area contributed by atoms with E-state index in [0.717, 1.165) is 26.1 Å². The summed E-state index contributed by atoms with van der Waals surface area (Å²) < 4.78 is 0. The van der Waals surface area contributed by atoms with Crippen LogP contribution in [0.4, 0.5) is 0 Å². The second-order valence-corrected chi connectivity index (χ2v) is 13.8. The topological polar surface area (TPSA) is 41.6 Å². The van der Waals surface area contributed by atoms with Gasteiger partial charge in [-0.05, 0) is 64.2 Å². The lowest BCUT2D eigenvalue weighted by Gasteiger charge is -2.20. The van der Waals surface area contributed by atoms with E-state index in [0.29, 0.717) is 6.04 Å². The van der Waals surface area contributed by atoms with E-state index in [1.807, 2.05) is 0 Å². The summed E-state index contributed by atoms with van der Waals surface area (Å²) in [7, 11) is 0. The Bertz CT molecular complexity index is 667. The molecular weight excluding hydrogens is 534 g/mol. The van der Waals surface area contributed by atoms with E-state index in [2.05, 4.69) is 43.1 Å². The molecule has 1 heterocycles. The first-order valence-electron chi connectivity index (χ1n) is 20.1. The SMILES string of the molecule is CCCCCCCC/C=C\CCCCCCCCC1=NC(CCCCCCCC/C=C\CCCCCCCC)CN1CCN. The molecule has 3 nitrogen and oxygen atoms in total. The zero-order valence-electron chi connectivity index (χ0n) is 30.2. The lowest BCUT2D eigenvalue weighted by atomic mass is 10.0. The normalized spacial score (nSPS) is 15.4. The molecule has 0 saturated heterocycles. The third-order valence-corrected chi connectivity index (χ3v) is 9.49. The van der Waals surface area contributed by atoms with Gasteiger partial charge in [-0.25, -0.2) is 0 Å². The molecule has 0 aromatic rings. The lowest BCUT2D eigenvalue weighted by Crippen LogP contribution is -2.34. The van der Waals surface area contributed by atoms with Crippen LogP contribution in [-0.2, 0) is 0 Å². The molecule has 258 valence electrons. The fraction of sp³-hybridized carbons (Fsp3) is 0.878. The molecule has 0 aliphatic carbocycles. The molecule has 0 bridgehead atoms. The number of nitrogens with zero attached hydrogens (tertiary/aromatic N) is 2. The van der Waals surface area contributed by atoms with Crippen LogP contribution in [-0.4, -0.2) is 36.4 Å². The minimum Gasteiger partial charge on any atom is -0.357 e. The Balaban J connectivity index is 1.97. The van der Waals surface area contributed by atoms with E-state index in [1.165, 1.54) is 192 Å². The van der Waals surface area contributed by atoms with Crippen molar-refractivity contribution in [2.45, 2.75) is 213 Å². The molecule has 0 saturated carbocycles. The first kappa shape index (κ1) is 40.9. The van der Waals surface area contributed by atoms with Gasteiger partial charge >= 0.3 is 0 Å². The van der Waals surface area contributed by atoms with Crippen molar-refractivity contribution in [2.75, 3.05) is 19.6 Å². The Hall–Kier alpha value is -1.09. The number of amidine groups is 1. The average Bonchev–Trinajstić information content (AvgIpc) is 3.41. The van der Waals surface area contributed by atoms with Crippen molar-refractivity contribution in [1.82, 2.24) is 4.90 Å². The van der Waals surface area contributed by atoms with Crippen molar-refractivity contribution >= 4 is 5.84 Å². The van der Waals surface area contributed by atoms with Gasteiger partial charge in [0.25, 0.3) is 0 Å². The molecule has 44 heavy (non-hydrogen) atoms. The van der Waals surface area contributed by atoms with Crippen molar-refractivity contribution in [3.8, 4) is 0 Å². The molecular formula is C41H79N3. The highest BCUT2D eigenvalue weighted by Crippen LogP contribution is 2.20. The summed E-state index contributed by atoms with van der Waals surface area (Å²) in [4.78, 5) is 7.68. The number of hydrogen-bond acceptors (Lipinski definition) is 3. The Morgan fingerprint density at radius 2 is 0.932 bits per heavy atom. The van der Waals surface area contributed by atoms with Crippen molar-refractivity contribution in [3.63, 3.8) is 0 Å². The molecule has 0 aromatic carbocycles. The van der Waals surface area contributed by atoms with Gasteiger partial charge in [0.05, 0.1) is 11.9 Å². The van der Waals surface area contributed by atoms with Crippen LogP contribution < -0.4 is 5.73 Å². The largest absolute Gasteiger partial charge is 0.357 e. The van der Waals surface area contributed by atoms with E-state index in [4.69, 9.17) is 10.7 Å². The fourth-order valence-electron chi connectivity index (χ4n) is 6.61. The molecule has 0 amide bonds. The van der Waals surface area contributed by atoms with Crippen LogP contribution in [0.15, 0.2) is 29.3 Å². The monoisotopic (exact) mass is 614 g/mol. The summed E-state index contributed by atoms with van der Waals surface area (Å²) in [6, 6.07) is 0.516. The van der Waals surface area contributed by atoms with Crippen molar-refractivity contribution < 1.29 is 0 Å². The average molecular weight is 614 g/mol. The zero-order valence-corrected chi connectivity index (χ0v) is 30.2. The van der Waals surface area contributed by atoms with Crippen LogP contribution in [0.5, 0.6) is 0 Å². The molecule has 1 aliphatic heterocycles. The van der Waals surface area contributed by atoms with Crippen molar-refractivity contribution in [1.29, 1.82) is 0 Å². The summed E-state index contributed by atoms with van der Waals surface area (Å²) >= 11 is 0. The van der Waals surface area contributed by atoms with E-state index in [9.17, 15) is 0 Å². The maximum atomic E-state index is 5.94. The van der Waals surface area contributed by atoms with Crippen LogP contribution in [0.1, 0.15) is 206 Å². The van der Waals surface area contributed by atoms with Crippen molar-refractivity contribution in [2.24, 2.45) is 10.7 Å². The first-order chi connectivity index (χ1) is 21.8. The van der Waals surface area contributed by atoms with E-state index < -0.39 is 0 Å². The first-order valence-corrected chi connectivity index (χ1v) is 20.1. The third-order valence-electron chi connectivity index (χ3n) is 9.49. The molecule has 0 spiro atoms. The maximum absolute atomic E-state index is 5.94. The summed E-state index contributed by atoms with van der Waals surface area (Å²) in [5.74, 6) is 1.36. The van der Waals surface area contributed by atoms with E-state index >= 15 is 0 Å². The Morgan fingerprint density at radius 1 is 0.545 bits per heavy atom. The number of allylic oxidation sites excluding steroid dienone is 4. The highest BCUT2D eigenvalue weighted by molar-refractivity contribution is 5.84. The fourth-order valence-corrected chi connectivity index (χ4v) is 6.61. The molecule has 1 rings (SSSR count). The van der Waals surface area contributed by atoms with Gasteiger partial charge in [-0.15, -0.1) is 0 Å². The van der Waals surface area contributed by atoms with Crippen molar-refractivity contribution in [3.05, 3.63) is 24.3 Å². The van der Waals surface area contributed by atoms with Gasteiger partial charge in [-0.1, -0.05) is 160 Å². The predicted molar refractivity (Wildman–Crippen MR) is 200 cm³/mol. The van der Waals surface area contributed by atoms with Crippen LogP contribution in [0.25, 0.3) is 0 Å². The van der Waals surface area contributed by atoms with Gasteiger partial charge < -0.3 is 10.6 Å². The van der Waals surface area contributed by atoms with Crippen LogP contribution in [0, 0.1) is 0 Å². The second-order valence-electron chi connectivity index (χ2n) is 13.8. The van der Waals surface area contributed by atoms with Crippen LogP contribution in [0.3, 0.4) is 0 Å². The number of hydrogen-bond donors (Lipinski definition) is 1. The van der Waals surface area contributed by atoms with Crippen LogP contribution in [0.2, 0.25) is 0 Å². The second kappa shape index (κ2) is 33.3. The molecule has 1 aliphatic rings. The minimum atomic E-state index is 0.516. The maximum Gasteiger partial charge on any atom is 0.0994 e. The molecule has 1 atom stereocenters. The Morgan fingerprint density at radius 3 is 1.36 bits per heavy atom. The molecule has 0 aromatic heterocycles. The Kier molecular flexibility index (Phi) is 31.0. The highest BCUT2D eigenvalue weighted by Gasteiger charge is 2.23. The third kappa shape index (κ3) is 26.2. The summed E-state index contributed by atoms with van der Waals surface area (Å²) in [5.41, 5.74) is 5.94. The molecule has 0 fully saturated rings. The molecule has 0 radical (unpaired) electrons. The Labute approximate surface area is 277 Å². The number of unbranched alkanes of at least 4 members (excludes halogenated alkanes) is 24. The number of nitrogens with two attached hydrogens (primary N) is 1. The molecule has 3 heteroatoms. The van der Waals surface area contributed by atoms with E-state index in [-0.39, 0.29) is 0 Å². The predicted octanol–water partition coefficient (Wildman–Crippen LogP) is 12.9. The molecule has 2 N–H and O–H groups in total. The smallest absolute Gasteiger partial charge is 0.0994 e. The van der Waals surface area contributed by atoms with E-state index in [1.54, 1.807) is 0 Å². The number of aliphatic imine (C=N–C) groups is 1. The standard InChI is InChI=1S/C41H79N3/c1-3-5-7-9-11-13-15-17-19-21-23-25-27-29-31-33-35-40-39-44(38-37-42)41(43-40)36-34-32-30-28-26-24-22-20-18-16-14-12-10-8-6-4-2/h17-20,40H,3-16,21-39,42H2,1-2H3/b19-17-,20-18-. The highest BCUT2D eigenvalue weighted by atomic mass is 15.3. The summed E-state index contributed by atoms with van der Waals surface area (Å²) in [5, 5.41) is 0. The van der Waals surface area contributed by atoms with Gasteiger partial charge in [0, 0.05) is 26.1 Å². The minimum absolute atomic E-state index is 0.516. The summed E-state index contributed by atoms with van der Waals surface area (Å²) in [6.07, 6.45) is 50.6. The van der Waals surface area contributed by atoms with Gasteiger partial charge in [-0.2, -0.15) is 0 Å². The van der Waals surface area contributed by atoms with Gasteiger partial charge in [-0.3, -0.25) is 4.99 Å². The summed E-state index contributed by atoms with van der Waals surface area (Å²) in [6.45, 7) is 7.43. The van der Waals surface area contributed by atoms with Gasteiger partial charge in [0.15, 0.2) is 0 Å². The molecule has 1 unspecified atom stereocenters. The van der Waals surface area contributed by atoms with Gasteiger partial charge in [0.2, 0.25) is 0 Å². The number of rotatable bonds is 34. The lowest BCUT2D eigenvalue weighted by molar-refractivity contribution is 0.408.